The van der Waals surface area contributed by atoms with E-state index in [0.29, 0.717) is 6.29 Å². The van der Waals surface area contributed by atoms with Crippen LogP contribution in [0.4, 0.5) is 0 Å². The number of aldehydes is 1. The van der Waals surface area contributed by atoms with Gasteiger partial charge in [0.25, 0.3) is 5.56 Å². The van der Waals surface area contributed by atoms with Gasteiger partial charge in [-0.3, -0.25) is 9.59 Å². The van der Waals surface area contributed by atoms with Crippen molar-refractivity contribution in [1.82, 2.24) is 4.57 Å². The second-order valence-corrected chi connectivity index (χ2v) is 3.41. The molecule has 1 aliphatic rings. The molecule has 0 aromatic carbocycles. The topological polar surface area (TPSA) is 39.1 Å². The third-order valence-electron chi connectivity index (χ3n) is 2.64. The van der Waals surface area contributed by atoms with Gasteiger partial charge in [0.2, 0.25) is 0 Å². The van der Waals surface area contributed by atoms with Gasteiger partial charge in [-0.2, -0.15) is 0 Å². The first-order chi connectivity index (χ1) is 6.24. The Morgan fingerprint density at radius 2 is 2.23 bits per heavy atom. The van der Waals surface area contributed by atoms with Crippen molar-refractivity contribution in [3.8, 4) is 0 Å². The SMILES string of the molecule is Cn1c2c(cc(C=O)c1=O)CCC2. The van der Waals surface area contributed by atoms with Crippen LogP contribution in [0.1, 0.15) is 28.0 Å². The summed E-state index contributed by atoms with van der Waals surface area (Å²) in [6.45, 7) is 0. The summed E-state index contributed by atoms with van der Waals surface area (Å²) in [6.07, 6.45) is 3.68. The number of rotatable bonds is 1. The van der Waals surface area contributed by atoms with Crippen LogP contribution in [0.15, 0.2) is 10.9 Å². The van der Waals surface area contributed by atoms with Gasteiger partial charge in [-0.05, 0) is 30.9 Å². The number of aryl methyl sites for hydroxylation is 1. The predicted molar refractivity (Wildman–Crippen MR) is 49.1 cm³/mol. The van der Waals surface area contributed by atoms with Crippen molar-refractivity contribution in [1.29, 1.82) is 0 Å². The van der Waals surface area contributed by atoms with Gasteiger partial charge in [-0.25, -0.2) is 0 Å². The molecule has 0 spiro atoms. The number of carbonyl (C=O) groups is 1. The summed E-state index contributed by atoms with van der Waals surface area (Å²) in [5.74, 6) is 0. The second-order valence-electron chi connectivity index (χ2n) is 3.41. The van der Waals surface area contributed by atoms with Crippen LogP contribution in [0.2, 0.25) is 0 Å². The number of aromatic nitrogens is 1. The van der Waals surface area contributed by atoms with Gasteiger partial charge in [-0.15, -0.1) is 0 Å². The zero-order valence-corrected chi connectivity index (χ0v) is 7.54. The van der Waals surface area contributed by atoms with Gasteiger partial charge >= 0.3 is 0 Å². The molecule has 0 radical (unpaired) electrons. The average molecular weight is 177 g/mol. The molecule has 13 heavy (non-hydrogen) atoms. The lowest BCUT2D eigenvalue weighted by Gasteiger charge is -2.06. The van der Waals surface area contributed by atoms with Crippen LogP contribution >= 0.6 is 0 Å². The van der Waals surface area contributed by atoms with E-state index >= 15 is 0 Å². The first-order valence-corrected chi connectivity index (χ1v) is 4.41. The molecule has 2 rings (SSSR count). The Bertz CT molecular complexity index is 418. The van der Waals surface area contributed by atoms with Crippen LogP contribution in [-0.4, -0.2) is 10.9 Å². The lowest BCUT2D eigenvalue weighted by atomic mass is 10.1. The highest BCUT2D eigenvalue weighted by atomic mass is 16.1. The van der Waals surface area contributed by atoms with E-state index in [4.69, 9.17) is 0 Å². The molecule has 0 amide bonds. The van der Waals surface area contributed by atoms with E-state index < -0.39 is 0 Å². The number of nitrogens with zero attached hydrogens (tertiary/aromatic N) is 1. The van der Waals surface area contributed by atoms with Crippen LogP contribution in [-0.2, 0) is 19.9 Å². The van der Waals surface area contributed by atoms with E-state index in [2.05, 4.69) is 0 Å². The van der Waals surface area contributed by atoms with E-state index in [9.17, 15) is 9.59 Å². The molecule has 1 aromatic rings. The minimum absolute atomic E-state index is 0.171. The standard InChI is InChI=1S/C10H11NO2/c1-11-9-4-2-3-7(9)5-8(6-12)10(11)13/h5-6H,2-4H2,1H3. The van der Waals surface area contributed by atoms with Gasteiger partial charge in [0.15, 0.2) is 6.29 Å². The Kier molecular flexibility index (Phi) is 1.79. The number of pyridine rings is 1. The van der Waals surface area contributed by atoms with Crippen LogP contribution < -0.4 is 5.56 Å². The molecule has 68 valence electrons. The number of hydrogen-bond acceptors (Lipinski definition) is 2. The molecule has 3 heteroatoms. The molecule has 0 saturated heterocycles. The fourth-order valence-electron chi connectivity index (χ4n) is 1.94. The third kappa shape index (κ3) is 1.11. The van der Waals surface area contributed by atoms with Crippen molar-refractivity contribution in [2.24, 2.45) is 7.05 Å². The summed E-state index contributed by atoms with van der Waals surface area (Å²) in [6, 6.07) is 1.73. The maximum Gasteiger partial charge on any atom is 0.261 e. The molecular weight excluding hydrogens is 166 g/mol. The van der Waals surface area contributed by atoms with Gasteiger partial charge in [0.05, 0.1) is 5.56 Å². The summed E-state index contributed by atoms with van der Waals surface area (Å²) in [4.78, 5) is 22.1. The largest absolute Gasteiger partial charge is 0.315 e. The molecular formula is C10H11NO2. The van der Waals surface area contributed by atoms with Gasteiger partial charge in [0, 0.05) is 12.7 Å². The Hall–Kier alpha value is -1.38. The third-order valence-corrected chi connectivity index (χ3v) is 2.64. The van der Waals surface area contributed by atoms with Crippen molar-refractivity contribution in [2.45, 2.75) is 19.3 Å². The van der Waals surface area contributed by atoms with Crippen molar-refractivity contribution >= 4 is 6.29 Å². The van der Waals surface area contributed by atoms with Gasteiger partial charge in [-0.1, -0.05) is 0 Å². The first kappa shape index (κ1) is 8.23. The molecule has 0 fully saturated rings. The molecule has 0 saturated carbocycles. The summed E-state index contributed by atoms with van der Waals surface area (Å²) in [5, 5.41) is 0. The van der Waals surface area contributed by atoms with Crippen LogP contribution in [0.3, 0.4) is 0 Å². The first-order valence-electron chi connectivity index (χ1n) is 4.41. The Balaban J connectivity index is 2.75. The highest BCUT2D eigenvalue weighted by Gasteiger charge is 2.16. The molecule has 1 aliphatic carbocycles. The van der Waals surface area contributed by atoms with E-state index in [0.717, 1.165) is 30.5 Å². The predicted octanol–water partition coefficient (Wildman–Crippen LogP) is 0.686. The molecule has 0 unspecified atom stereocenters. The molecule has 1 aromatic heterocycles. The quantitative estimate of drug-likeness (QED) is 0.592. The van der Waals surface area contributed by atoms with Crippen molar-refractivity contribution < 1.29 is 4.79 Å². The Morgan fingerprint density at radius 3 is 2.92 bits per heavy atom. The average Bonchev–Trinajstić information content (AvgIpc) is 2.59. The number of fused-ring (bicyclic) bond motifs is 1. The summed E-state index contributed by atoms with van der Waals surface area (Å²) < 4.78 is 1.60. The normalized spacial score (nSPS) is 14.2. The second kappa shape index (κ2) is 2.83. The number of hydrogen-bond donors (Lipinski definition) is 0. The molecule has 1 heterocycles. The molecule has 0 aliphatic heterocycles. The van der Waals surface area contributed by atoms with Crippen LogP contribution in [0.25, 0.3) is 0 Å². The van der Waals surface area contributed by atoms with E-state index in [1.165, 1.54) is 0 Å². The molecule has 3 nitrogen and oxygen atoms in total. The van der Waals surface area contributed by atoms with Crippen molar-refractivity contribution in [3.05, 3.63) is 33.2 Å². The maximum atomic E-state index is 11.5. The zero-order chi connectivity index (χ0) is 9.42. The smallest absolute Gasteiger partial charge is 0.261 e. The molecule has 0 bridgehead atoms. The number of carbonyl (C=O) groups excluding carboxylic acids is 1. The molecule has 0 atom stereocenters. The summed E-state index contributed by atoms with van der Waals surface area (Å²) in [7, 11) is 1.74. The highest BCUT2D eigenvalue weighted by molar-refractivity contribution is 5.74. The minimum Gasteiger partial charge on any atom is -0.315 e. The van der Waals surface area contributed by atoms with E-state index in [-0.39, 0.29) is 11.1 Å². The van der Waals surface area contributed by atoms with Crippen molar-refractivity contribution in [3.63, 3.8) is 0 Å². The van der Waals surface area contributed by atoms with E-state index in [1.54, 1.807) is 17.7 Å². The summed E-state index contributed by atoms with van der Waals surface area (Å²) >= 11 is 0. The Morgan fingerprint density at radius 1 is 1.46 bits per heavy atom. The summed E-state index contributed by atoms with van der Waals surface area (Å²) in [5.41, 5.74) is 2.36. The fraction of sp³-hybridized carbons (Fsp3) is 0.400. The zero-order valence-electron chi connectivity index (χ0n) is 7.54. The monoisotopic (exact) mass is 177 g/mol. The van der Waals surface area contributed by atoms with Crippen LogP contribution in [0.5, 0.6) is 0 Å². The Labute approximate surface area is 76.0 Å². The minimum atomic E-state index is -0.171. The molecule has 0 N–H and O–H groups in total. The van der Waals surface area contributed by atoms with Crippen LogP contribution in [0, 0.1) is 0 Å². The highest BCUT2D eigenvalue weighted by Crippen LogP contribution is 2.19. The maximum absolute atomic E-state index is 11.5. The van der Waals surface area contributed by atoms with Gasteiger partial charge in [0.1, 0.15) is 0 Å². The fourth-order valence-corrected chi connectivity index (χ4v) is 1.94. The lowest BCUT2D eigenvalue weighted by molar-refractivity contribution is 0.112. The van der Waals surface area contributed by atoms with E-state index in [1.807, 2.05) is 0 Å². The lowest BCUT2D eigenvalue weighted by Crippen LogP contribution is -2.23. The van der Waals surface area contributed by atoms with Crippen molar-refractivity contribution in [2.75, 3.05) is 0 Å². The van der Waals surface area contributed by atoms with Gasteiger partial charge < -0.3 is 4.57 Å².